The van der Waals surface area contributed by atoms with Crippen molar-refractivity contribution in [1.82, 2.24) is 0 Å². The van der Waals surface area contributed by atoms with Gasteiger partial charge in [-0.2, -0.15) is 0 Å². The highest BCUT2D eigenvalue weighted by molar-refractivity contribution is 5.70. The summed E-state index contributed by atoms with van der Waals surface area (Å²) in [6.45, 7) is 4.76. The van der Waals surface area contributed by atoms with E-state index in [1.165, 1.54) is 225 Å². The van der Waals surface area contributed by atoms with Crippen molar-refractivity contribution in [3.05, 3.63) is 48.6 Å². The number of carboxylic acid groups (broad SMARTS) is 1. The number of esters is 2. The van der Waals surface area contributed by atoms with E-state index in [1.807, 2.05) is 21.1 Å². The smallest absolute Gasteiger partial charge is 0.306 e. The number of nitrogens with zero attached hydrogens (tertiary/aromatic N) is 1. The van der Waals surface area contributed by atoms with E-state index in [1.54, 1.807) is 0 Å². The molecule has 0 heterocycles. The van der Waals surface area contributed by atoms with Crippen molar-refractivity contribution in [3.63, 3.8) is 0 Å². The summed E-state index contributed by atoms with van der Waals surface area (Å²) in [5.74, 6) is -2.28. The number of rotatable bonds is 63. The van der Waals surface area contributed by atoms with E-state index in [0.29, 0.717) is 17.4 Å². The predicted octanol–water partition coefficient (Wildman–Crippen LogP) is 19.2. The number of carbonyl (C=O) groups is 3. The lowest BCUT2D eigenvalue weighted by atomic mass is 10.0. The largest absolute Gasteiger partial charge is 0.545 e. The van der Waals surface area contributed by atoms with Crippen LogP contribution in [0.3, 0.4) is 0 Å². The standard InChI is InChI=1S/C70H129NO8/c1-6-8-10-12-14-16-18-20-22-23-24-25-26-27-28-29-30-31-32-33-34-35-36-37-38-39-40-41-42-43-44-45-47-49-51-53-55-57-59-61-68(73)79-66(65-78-70(69(74)75)76-63-62-71(3,4)5)64-77-67(72)60-58-56-54-52-50-48-46-21-19-17-15-13-11-9-7-2/h18,20-21,23-24,26-27,46,66,70H,6-17,19,22,25,28-45,47-65H2,1-5H3/b20-18-,24-23-,27-26-,46-21-. The van der Waals surface area contributed by atoms with Crippen molar-refractivity contribution in [3.8, 4) is 0 Å². The maximum absolute atomic E-state index is 12.9. The third kappa shape index (κ3) is 62.7. The first kappa shape index (κ1) is 76.2. The van der Waals surface area contributed by atoms with Crippen LogP contribution in [-0.2, 0) is 33.3 Å². The fourth-order valence-electron chi connectivity index (χ4n) is 9.84. The van der Waals surface area contributed by atoms with Crippen LogP contribution in [0.5, 0.6) is 0 Å². The van der Waals surface area contributed by atoms with Gasteiger partial charge in [0.05, 0.1) is 40.3 Å². The molecule has 0 bridgehead atoms. The predicted molar refractivity (Wildman–Crippen MR) is 334 cm³/mol. The zero-order valence-corrected chi connectivity index (χ0v) is 52.8. The summed E-state index contributed by atoms with van der Waals surface area (Å²) in [5, 5.41) is 11.8. The minimum Gasteiger partial charge on any atom is -0.545 e. The van der Waals surface area contributed by atoms with Gasteiger partial charge >= 0.3 is 11.9 Å². The monoisotopic (exact) mass is 1110 g/mol. The minimum atomic E-state index is -1.62. The summed E-state index contributed by atoms with van der Waals surface area (Å²) in [7, 11) is 5.93. The molecular formula is C70H129NO8. The van der Waals surface area contributed by atoms with Crippen LogP contribution >= 0.6 is 0 Å². The second-order valence-electron chi connectivity index (χ2n) is 24.1. The number of aliphatic carboxylic acids is 1. The van der Waals surface area contributed by atoms with E-state index in [9.17, 15) is 19.5 Å². The van der Waals surface area contributed by atoms with Crippen LogP contribution in [-0.4, -0.2) is 82.3 Å². The maximum Gasteiger partial charge on any atom is 0.306 e. The van der Waals surface area contributed by atoms with Crippen molar-refractivity contribution in [1.29, 1.82) is 0 Å². The van der Waals surface area contributed by atoms with Crippen molar-refractivity contribution < 1.29 is 42.9 Å². The first-order chi connectivity index (χ1) is 38.6. The first-order valence-corrected chi connectivity index (χ1v) is 33.8. The van der Waals surface area contributed by atoms with E-state index >= 15 is 0 Å². The molecule has 0 spiro atoms. The molecule has 0 fully saturated rings. The third-order valence-electron chi connectivity index (χ3n) is 15.0. The fraction of sp³-hybridized carbons (Fsp3) is 0.843. The molecule has 0 radical (unpaired) electrons. The SMILES string of the molecule is CCCCCCC/C=C\C/C=C\C/C=C\CCCCCCCCCCCCCCCCCCCCCCCCCCC(=O)OC(COC(=O)CCCCCCC/C=C\CCCCCCCC)COC(OCC[N+](C)(C)C)C(=O)[O-]. The number of carboxylic acids is 1. The van der Waals surface area contributed by atoms with Gasteiger partial charge < -0.3 is 33.3 Å². The van der Waals surface area contributed by atoms with Crippen molar-refractivity contribution in [2.75, 3.05) is 47.5 Å². The molecule has 2 atom stereocenters. The Balaban J connectivity index is 3.96. The minimum absolute atomic E-state index is 0.148. The summed E-state index contributed by atoms with van der Waals surface area (Å²) < 4.78 is 22.7. The Morgan fingerprint density at radius 2 is 0.684 bits per heavy atom. The van der Waals surface area contributed by atoms with E-state index in [2.05, 4.69) is 62.5 Å². The number of ether oxygens (including phenoxy) is 4. The molecular weight excluding hydrogens is 983 g/mol. The molecule has 0 saturated carbocycles. The Labute approximate surface area is 489 Å². The van der Waals surface area contributed by atoms with Crippen molar-refractivity contribution in [2.24, 2.45) is 0 Å². The normalized spacial score (nSPS) is 13.0. The highest BCUT2D eigenvalue weighted by Crippen LogP contribution is 2.18. The maximum atomic E-state index is 12.9. The number of carbonyl (C=O) groups excluding carboxylic acids is 3. The van der Waals surface area contributed by atoms with Crippen LogP contribution in [0.2, 0.25) is 0 Å². The molecule has 2 unspecified atom stereocenters. The molecule has 9 nitrogen and oxygen atoms in total. The highest BCUT2D eigenvalue weighted by atomic mass is 16.7. The average Bonchev–Trinajstić information content (AvgIpc) is 3.42. The highest BCUT2D eigenvalue weighted by Gasteiger charge is 2.22. The van der Waals surface area contributed by atoms with Gasteiger partial charge in [0.25, 0.3) is 0 Å². The van der Waals surface area contributed by atoms with Crippen LogP contribution < -0.4 is 5.11 Å². The second-order valence-corrected chi connectivity index (χ2v) is 24.1. The summed E-state index contributed by atoms with van der Waals surface area (Å²) in [6, 6.07) is 0. The van der Waals surface area contributed by atoms with Gasteiger partial charge in [0.15, 0.2) is 12.4 Å². The van der Waals surface area contributed by atoms with Gasteiger partial charge in [-0.05, 0) is 77.0 Å². The lowest BCUT2D eigenvalue weighted by Crippen LogP contribution is -2.44. The van der Waals surface area contributed by atoms with Crippen molar-refractivity contribution >= 4 is 17.9 Å². The van der Waals surface area contributed by atoms with Crippen LogP contribution in [0.15, 0.2) is 48.6 Å². The number of allylic oxidation sites excluding steroid dienone is 8. The summed E-state index contributed by atoms with van der Waals surface area (Å²) in [4.78, 5) is 37.3. The van der Waals surface area contributed by atoms with Crippen LogP contribution in [0.25, 0.3) is 0 Å². The molecule has 0 aromatic rings. The molecule has 0 aliphatic rings. The zero-order chi connectivity index (χ0) is 57.6. The van der Waals surface area contributed by atoms with E-state index in [0.717, 1.165) is 64.2 Å². The molecule has 462 valence electrons. The zero-order valence-electron chi connectivity index (χ0n) is 52.8. The van der Waals surface area contributed by atoms with Crippen molar-refractivity contribution in [2.45, 2.75) is 334 Å². The van der Waals surface area contributed by atoms with Gasteiger partial charge in [-0.1, -0.05) is 281 Å². The van der Waals surface area contributed by atoms with Gasteiger partial charge in [-0.15, -0.1) is 0 Å². The van der Waals surface area contributed by atoms with E-state index in [4.69, 9.17) is 18.9 Å². The molecule has 0 saturated heterocycles. The first-order valence-electron chi connectivity index (χ1n) is 33.8. The molecule has 0 N–H and O–H groups in total. The Hall–Kier alpha value is -2.75. The Morgan fingerprint density at radius 3 is 1.03 bits per heavy atom. The van der Waals surface area contributed by atoms with Crippen LogP contribution in [0.1, 0.15) is 322 Å². The molecule has 0 aromatic carbocycles. The molecule has 0 amide bonds. The number of quaternary nitrogens is 1. The Kier molecular flexibility index (Phi) is 59.2. The van der Waals surface area contributed by atoms with Crippen LogP contribution in [0.4, 0.5) is 0 Å². The molecule has 0 aromatic heterocycles. The summed E-state index contributed by atoms with van der Waals surface area (Å²) in [6.07, 6.45) is 74.9. The summed E-state index contributed by atoms with van der Waals surface area (Å²) in [5.41, 5.74) is 0. The fourth-order valence-corrected chi connectivity index (χ4v) is 9.84. The molecule has 79 heavy (non-hydrogen) atoms. The van der Waals surface area contributed by atoms with E-state index < -0.39 is 24.3 Å². The quantitative estimate of drug-likeness (QED) is 0.0195. The van der Waals surface area contributed by atoms with Gasteiger partial charge in [0.1, 0.15) is 13.2 Å². The van der Waals surface area contributed by atoms with Gasteiger partial charge in [0.2, 0.25) is 0 Å². The molecule has 9 heteroatoms. The molecule has 0 rings (SSSR count). The Morgan fingerprint density at radius 1 is 0.380 bits per heavy atom. The third-order valence-corrected chi connectivity index (χ3v) is 15.0. The lowest BCUT2D eigenvalue weighted by Gasteiger charge is -2.26. The number of likely N-dealkylation sites (N-methyl/N-ethyl adjacent to an activating group) is 1. The van der Waals surface area contributed by atoms with Gasteiger partial charge in [-0.25, -0.2) is 0 Å². The summed E-state index contributed by atoms with van der Waals surface area (Å²) >= 11 is 0. The number of unbranched alkanes of at least 4 members (excludes halogenated alkanes) is 40. The molecule has 0 aliphatic carbocycles. The van der Waals surface area contributed by atoms with Crippen LogP contribution in [0, 0.1) is 0 Å². The second kappa shape index (κ2) is 61.3. The Bertz CT molecular complexity index is 1430. The number of hydrogen-bond acceptors (Lipinski definition) is 8. The number of hydrogen-bond donors (Lipinski definition) is 0. The average molecular weight is 1110 g/mol. The lowest BCUT2D eigenvalue weighted by molar-refractivity contribution is -0.870. The molecule has 0 aliphatic heterocycles. The topological polar surface area (TPSA) is 111 Å². The van der Waals surface area contributed by atoms with Gasteiger partial charge in [-0.3, -0.25) is 9.59 Å². The van der Waals surface area contributed by atoms with Gasteiger partial charge in [0, 0.05) is 12.8 Å². The van der Waals surface area contributed by atoms with E-state index in [-0.39, 0.29) is 38.6 Å².